The average molecular weight is 416 g/mol. The summed E-state index contributed by atoms with van der Waals surface area (Å²) in [6.07, 6.45) is 7.19. The molecule has 1 aliphatic heterocycles. The maximum absolute atomic E-state index is 13.4. The van der Waals surface area contributed by atoms with Crippen LogP contribution in [0.2, 0.25) is 0 Å². The van der Waals surface area contributed by atoms with E-state index < -0.39 is 0 Å². The zero-order chi connectivity index (χ0) is 21.2. The van der Waals surface area contributed by atoms with Crippen LogP contribution in [-0.2, 0) is 22.7 Å². The molecule has 0 N–H and O–H groups in total. The van der Waals surface area contributed by atoms with E-state index in [-0.39, 0.29) is 18.5 Å². The van der Waals surface area contributed by atoms with Gasteiger partial charge in [-0.3, -0.25) is 9.36 Å². The monoisotopic (exact) mass is 416 g/mol. The van der Waals surface area contributed by atoms with Gasteiger partial charge in [0.2, 0.25) is 5.91 Å². The van der Waals surface area contributed by atoms with Crippen LogP contribution in [0.5, 0.6) is 0 Å². The Hall–Kier alpha value is -3.52. The first-order chi connectivity index (χ1) is 15.2. The molecule has 4 aromatic rings. The molecule has 158 valence electrons. The lowest BCUT2D eigenvalue weighted by molar-refractivity contribution is -0.132. The molecule has 0 radical (unpaired) electrons. The first-order valence-electron chi connectivity index (χ1n) is 10.4. The fourth-order valence-corrected chi connectivity index (χ4v) is 4.30. The molecule has 1 fully saturated rings. The normalized spacial score (nSPS) is 16.3. The number of benzene rings is 1. The number of carbonyl (C=O) groups is 1. The van der Waals surface area contributed by atoms with Crippen molar-refractivity contribution < 1.29 is 9.53 Å². The molecule has 8 heteroatoms. The van der Waals surface area contributed by atoms with Gasteiger partial charge in [-0.1, -0.05) is 18.2 Å². The third-order valence-electron chi connectivity index (χ3n) is 5.74. The van der Waals surface area contributed by atoms with Crippen molar-refractivity contribution in [1.82, 2.24) is 29.0 Å². The summed E-state index contributed by atoms with van der Waals surface area (Å²) < 4.78 is 9.16. The van der Waals surface area contributed by atoms with E-state index in [2.05, 4.69) is 9.97 Å². The molecule has 1 amide bonds. The van der Waals surface area contributed by atoms with Crippen LogP contribution in [0.3, 0.4) is 0 Å². The largest absolute Gasteiger partial charge is 0.377 e. The number of carbonyl (C=O) groups excluding carboxylic acids is 1. The minimum Gasteiger partial charge on any atom is -0.377 e. The van der Waals surface area contributed by atoms with Gasteiger partial charge in [-0.15, -0.1) is 0 Å². The molecule has 1 aliphatic rings. The van der Waals surface area contributed by atoms with Gasteiger partial charge in [-0.25, -0.2) is 15.0 Å². The molecule has 1 aromatic carbocycles. The molecule has 4 heterocycles. The Morgan fingerprint density at radius 2 is 2.06 bits per heavy atom. The number of ether oxygens (including phenoxy) is 1. The number of pyridine rings is 1. The number of fused-ring (bicyclic) bond motifs is 1. The summed E-state index contributed by atoms with van der Waals surface area (Å²) in [4.78, 5) is 28.9. The third kappa shape index (κ3) is 3.70. The quantitative estimate of drug-likeness (QED) is 0.483. The first-order valence-corrected chi connectivity index (χ1v) is 10.4. The Morgan fingerprint density at radius 1 is 1.16 bits per heavy atom. The van der Waals surface area contributed by atoms with E-state index in [0.29, 0.717) is 6.61 Å². The van der Waals surface area contributed by atoms with Gasteiger partial charge < -0.3 is 14.2 Å². The predicted octanol–water partition coefficient (Wildman–Crippen LogP) is 3.13. The van der Waals surface area contributed by atoms with Crippen molar-refractivity contribution in [1.29, 1.82) is 0 Å². The van der Waals surface area contributed by atoms with Crippen molar-refractivity contribution in [2.24, 2.45) is 0 Å². The number of imidazole rings is 2. The molecule has 5 rings (SSSR count). The molecule has 0 aliphatic carbocycles. The number of hydrogen-bond donors (Lipinski definition) is 0. The van der Waals surface area contributed by atoms with E-state index in [9.17, 15) is 4.79 Å². The third-order valence-corrected chi connectivity index (χ3v) is 5.74. The Kier molecular flexibility index (Phi) is 5.21. The Balaban J connectivity index is 1.42. The summed E-state index contributed by atoms with van der Waals surface area (Å²) in [6.45, 7) is 1.32. The van der Waals surface area contributed by atoms with Crippen molar-refractivity contribution >= 4 is 16.9 Å². The van der Waals surface area contributed by atoms with Gasteiger partial charge in [0, 0.05) is 26.0 Å². The molecule has 0 bridgehead atoms. The highest BCUT2D eigenvalue weighted by Gasteiger charge is 2.31. The highest BCUT2D eigenvalue weighted by molar-refractivity contribution is 5.81. The highest BCUT2D eigenvalue weighted by atomic mass is 16.5. The topological polar surface area (TPSA) is 78.1 Å². The molecule has 31 heavy (non-hydrogen) atoms. The molecular weight excluding hydrogens is 392 g/mol. The highest BCUT2D eigenvalue weighted by Crippen LogP contribution is 2.32. The number of rotatable bonds is 6. The van der Waals surface area contributed by atoms with E-state index >= 15 is 0 Å². The van der Waals surface area contributed by atoms with Crippen LogP contribution in [0.25, 0.3) is 16.9 Å². The maximum atomic E-state index is 13.4. The van der Waals surface area contributed by atoms with Gasteiger partial charge in [0.1, 0.15) is 31.1 Å². The molecule has 0 saturated carbocycles. The van der Waals surface area contributed by atoms with Gasteiger partial charge in [-0.2, -0.15) is 0 Å². The Labute approximate surface area is 180 Å². The summed E-state index contributed by atoms with van der Waals surface area (Å²) in [5, 5.41) is 0. The van der Waals surface area contributed by atoms with Crippen LogP contribution in [0, 0.1) is 0 Å². The van der Waals surface area contributed by atoms with Crippen LogP contribution in [0.4, 0.5) is 0 Å². The van der Waals surface area contributed by atoms with Crippen LogP contribution >= 0.6 is 0 Å². The Bertz CT molecular complexity index is 1200. The molecule has 1 atom stereocenters. The molecule has 1 unspecified atom stereocenters. The second-order valence-corrected chi connectivity index (χ2v) is 7.67. The summed E-state index contributed by atoms with van der Waals surface area (Å²) in [7, 11) is 1.64. The number of hydrogen-bond acceptors (Lipinski definition) is 5. The molecule has 0 spiro atoms. The van der Waals surface area contributed by atoms with Crippen LogP contribution in [0.1, 0.15) is 30.4 Å². The number of amides is 1. The molecule has 1 saturated heterocycles. The van der Waals surface area contributed by atoms with Crippen molar-refractivity contribution in [2.45, 2.75) is 32.0 Å². The first kappa shape index (κ1) is 19.4. The van der Waals surface area contributed by atoms with Crippen molar-refractivity contribution in [2.75, 3.05) is 13.7 Å². The minimum absolute atomic E-state index is 0.0309. The van der Waals surface area contributed by atoms with Crippen LogP contribution in [-0.4, -0.2) is 48.5 Å². The fourth-order valence-electron chi connectivity index (χ4n) is 4.30. The van der Waals surface area contributed by atoms with Crippen molar-refractivity contribution in [3.63, 3.8) is 0 Å². The number of para-hydroxylation sites is 2. The second kappa shape index (κ2) is 8.31. The minimum atomic E-state index is -0.0309. The standard InChI is InChI=1S/C23H24N6O2/c1-31-15-22-26-17-6-2-3-8-20(17)29(22)14-23(30)28-12-5-9-19(28)18-7-4-10-21(25-18)27-13-11-24-16-27/h2-4,6-8,10-11,13,16,19H,5,9,12,14-15H2,1H3. The van der Waals surface area contributed by atoms with E-state index in [1.165, 1.54) is 0 Å². The zero-order valence-electron chi connectivity index (χ0n) is 17.4. The predicted molar refractivity (Wildman–Crippen MR) is 115 cm³/mol. The SMILES string of the molecule is COCc1nc2ccccc2n1CC(=O)N1CCCC1c1cccc(-n2ccnc2)n1. The van der Waals surface area contributed by atoms with Crippen molar-refractivity contribution in [3.8, 4) is 5.82 Å². The summed E-state index contributed by atoms with van der Waals surface area (Å²) in [6, 6.07) is 13.8. The van der Waals surface area contributed by atoms with E-state index in [0.717, 1.165) is 47.8 Å². The number of nitrogens with zero attached hydrogens (tertiary/aromatic N) is 6. The summed E-state index contributed by atoms with van der Waals surface area (Å²) in [5.41, 5.74) is 2.72. The smallest absolute Gasteiger partial charge is 0.243 e. The van der Waals surface area contributed by atoms with Crippen LogP contribution in [0.15, 0.2) is 61.2 Å². The Morgan fingerprint density at radius 3 is 2.90 bits per heavy atom. The van der Waals surface area contributed by atoms with E-state index in [1.807, 2.05) is 62.7 Å². The number of likely N-dealkylation sites (tertiary alicyclic amines) is 1. The average Bonchev–Trinajstić information content (AvgIpc) is 3.55. The van der Waals surface area contributed by atoms with E-state index in [1.54, 1.807) is 19.6 Å². The van der Waals surface area contributed by atoms with Gasteiger partial charge in [0.25, 0.3) is 0 Å². The lowest BCUT2D eigenvalue weighted by Gasteiger charge is -2.25. The van der Waals surface area contributed by atoms with E-state index in [4.69, 9.17) is 9.72 Å². The zero-order valence-corrected chi connectivity index (χ0v) is 17.4. The van der Waals surface area contributed by atoms with Crippen LogP contribution < -0.4 is 0 Å². The lowest BCUT2D eigenvalue weighted by Crippen LogP contribution is -2.34. The molecular formula is C23H24N6O2. The fraction of sp³-hybridized carbons (Fsp3) is 0.304. The van der Waals surface area contributed by atoms with Gasteiger partial charge >= 0.3 is 0 Å². The van der Waals surface area contributed by atoms with Crippen molar-refractivity contribution in [3.05, 3.63) is 72.7 Å². The van der Waals surface area contributed by atoms with Gasteiger partial charge in [0.15, 0.2) is 0 Å². The molecule has 8 nitrogen and oxygen atoms in total. The summed E-state index contributed by atoms with van der Waals surface area (Å²) in [5.74, 6) is 1.63. The van der Waals surface area contributed by atoms with Gasteiger partial charge in [-0.05, 0) is 37.1 Å². The summed E-state index contributed by atoms with van der Waals surface area (Å²) >= 11 is 0. The second-order valence-electron chi connectivity index (χ2n) is 7.67. The molecule has 3 aromatic heterocycles. The van der Waals surface area contributed by atoms with Gasteiger partial charge in [0.05, 0.1) is 22.8 Å². The number of aromatic nitrogens is 5. The maximum Gasteiger partial charge on any atom is 0.243 e. The number of methoxy groups -OCH3 is 1. The lowest BCUT2D eigenvalue weighted by atomic mass is 10.1.